The third-order valence-electron chi connectivity index (χ3n) is 3.99. The fourth-order valence-corrected chi connectivity index (χ4v) is 3.30. The Bertz CT molecular complexity index is 919. The van der Waals surface area contributed by atoms with Crippen LogP contribution in [-0.4, -0.2) is 18.2 Å². The average Bonchev–Trinajstić information content (AvgIpc) is 3.19. The maximum absolute atomic E-state index is 13.1. The Morgan fingerprint density at radius 3 is 2.46 bits per heavy atom. The predicted molar refractivity (Wildman–Crippen MR) is 114 cm³/mol. The number of benzene rings is 2. The maximum Gasteiger partial charge on any atom is 0.130 e. The van der Waals surface area contributed by atoms with Crippen LogP contribution >= 0.6 is 11.3 Å². The summed E-state index contributed by atoms with van der Waals surface area (Å²) in [6, 6.07) is 12.3. The highest BCUT2D eigenvalue weighted by Crippen LogP contribution is 2.28. The van der Waals surface area contributed by atoms with Gasteiger partial charge in [0.05, 0.1) is 18.9 Å². The van der Waals surface area contributed by atoms with Gasteiger partial charge in [0.15, 0.2) is 0 Å². The van der Waals surface area contributed by atoms with Gasteiger partial charge in [0.2, 0.25) is 0 Å². The molecule has 146 valence electrons. The zero-order valence-corrected chi connectivity index (χ0v) is 17.0. The van der Waals surface area contributed by atoms with E-state index in [0.717, 1.165) is 46.2 Å². The molecule has 0 spiro atoms. The number of nitrogens with zero attached hydrogens (tertiary/aromatic N) is 1. The molecule has 0 fully saturated rings. The van der Waals surface area contributed by atoms with Crippen molar-refractivity contribution in [1.82, 2.24) is 4.98 Å². The zero-order valence-electron chi connectivity index (χ0n) is 16.2. The van der Waals surface area contributed by atoms with E-state index in [0.29, 0.717) is 13.2 Å². The fourth-order valence-electron chi connectivity index (χ4n) is 2.58. The van der Waals surface area contributed by atoms with E-state index in [1.807, 2.05) is 35.7 Å². The summed E-state index contributed by atoms with van der Waals surface area (Å²) in [5.41, 5.74) is 2.73. The molecule has 0 atom stereocenters. The predicted octanol–water partition coefficient (Wildman–Crippen LogP) is 6.70. The standard InChI is InChI=1S/C23H24FNO2S/c1-3-13-26-20-11-7-18(22(15-20)27-14-4-2)8-12-23-25-21(16-28-23)17-5-9-19(24)10-6-17/h5-12,15-16H,3-4,13-14H2,1-2H3. The molecule has 0 N–H and O–H groups in total. The third kappa shape index (κ3) is 5.42. The highest BCUT2D eigenvalue weighted by Gasteiger charge is 2.06. The molecule has 0 amide bonds. The van der Waals surface area contributed by atoms with E-state index in [1.54, 1.807) is 23.5 Å². The van der Waals surface area contributed by atoms with E-state index in [9.17, 15) is 4.39 Å². The van der Waals surface area contributed by atoms with E-state index in [1.165, 1.54) is 12.1 Å². The smallest absolute Gasteiger partial charge is 0.130 e. The fraction of sp³-hybridized carbons (Fsp3) is 0.261. The van der Waals surface area contributed by atoms with E-state index in [4.69, 9.17) is 9.47 Å². The lowest BCUT2D eigenvalue weighted by atomic mass is 10.1. The molecule has 0 aliphatic carbocycles. The van der Waals surface area contributed by atoms with Crippen LogP contribution in [0.4, 0.5) is 4.39 Å². The first-order chi connectivity index (χ1) is 13.7. The second-order valence-electron chi connectivity index (χ2n) is 6.31. The molecule has 28 heavy (non-hydrogen) atoms. The Morgan fingerprint density at radius 1 is 0.964 bits per heavy atom. The minimum atomic E-state index is -0.245. The molecule has 0 aliphatic heterocycles. The topological polar surface area (TPSA) is 31.4 Å². The number of hydrogen-bond acceptors (Lipinski definition) is 4. The SMILES string of the molecule is CCCOc1ccc(C=Cc2nc(-c3ccc(F)cc3)cs2)c(OCCC)c1. The summed E-state index contributed by atoms with van der Waals surface area (Å²) in [7, 11) is 0. The molecule has 0 unspecified atom stereocenters. The molecule has 5 heteroatoms. The summed E-state index contributed by atoms with van der Waals surface area (Å²) in [5.74, 6) is 1.38. The van der Waals surface area contributed by atoms with Crippen LogP contribution in [0.2, 0.25) is 0 Å². The van der Waals surface area contributed by atoms with E-state index in [-0.39, 0.29) is 5.82 Å². The number of aromatic nitrogens is 1. The van der Waals surface area contributed by atoms with Crippen molar-refractivity contribution < 1.29 is 13.9 Å². The first kappa shape index (κ1) is 20.1. The number of thiazole rings is 1. The van der Waals surface area contributed by atoms with Crippen molar-refractivity contribution in [3.63, 3.8) is 0 Å². The molecule has 0 bridgehead atoms. The Kier molecular flexibility index (Phi) is 7.20. The molecular formula is C23H24FNO2S. The van der Waals surface area contributed by atoms with Gasteiger partial charge in [-0.3, -0.25) is 0 Å². The lowest BCUT2D eigenvalue weighted by Gasteiger charge is -2.11. The summed E-state index contributed by atoms with van der Waals surface area (Å²) in [6.45, 7) is 5.51. The highest BCUT2D eigenvalue weighted by atomic mass is 32.1. The Morgan fingerprint density at radius 2 is 1.71 bits per heavy atom. The Labute approximate surface area is 169 Å². The van der Waals surface area contributed by atoms with Crippen molar-refractivity contribution in [2.45, 2.75) is 26.7 Å². The van der Waals surface area contributed by atoms with Crippen LogP contribution in [0, 0.1) is 5.82 Å². The molecule has 3 rings (SSSR count). The van der Waals surface area contributed by atoms with Crippen LogP contribution in [-0.2, 0) is 0 Å². The molecule has 3 nitrogen and oxygen atoms in total. The van der Waals surface area contributed by atoms with Gasteiger partial charge >= 0.3 is 0 Å². The lowest BCUT2D eigenvalue weighted by molar-refractivity contribution is 0.301. The van der Waals surface area contributed by atoms with Crippen molar-refractivity contribution in [2.24, 2.45) is 0 Å². The van der Waals surface area contributed by atoms with Gasteiger partial charge in [-0.2, -0.15) is 0 Å². The summed E-state index contributed by atoms with van der Waals surface area (Å²) in [4.78, 5) is 4.62. The summed E-state index contributed by atoms with van der Waals surface area (Å²) >= 11 is 1.55. The molecule has 0 aliphatic rings. The molecule has 2 aromatic carbocycles. The molecule has 0 radical (unpaired) electrons. The number of ether oxygens (including phenoxy) is 2. The van der Waals surface area contributed by atoms with Crippen LogP contribution in [0.15, 0.2) is 47.8 Å². The average molecular weight is 398 g/mol. The van der Waals surface area contributed by atoms with Gasteiger partial charge in [0.1, 0.15) is 22.3 Å². The molecule has 0 saturated heterocycles. The maximum atomic E-state index is 13.1. The van der Waals surface area contributed by atoms with Crippen LogP contribution < -0.4 is 9.47 Å². The molecule has 1 heterocycles. The van der Waals surface area contributed by atoms with Gasteiger partial charge in [0.25, 0.3) is 0 Å². The van der Waals surface area contributed by atoms with Crippen molar-refractivity contribution in [3.05, 3.63) is 64.2 Å². The van der Waals surface area contributed by atoms with Gasteiger partial charge in [-0.25, -0.2) is 9.37 Å². The third-order valence-corrected chi connectivity index (χ3v) is 4.80. The molecule has 0 saturated carbocycles. The first-order valence-corrected chi connectivity index (χ1v) is 10.4. The van der Waals surface area contributed by atoms with Crippen LogP contribution in [0.1, 0.15) is 37.3 Å². The quantitative estimate of drug-likeness (QED) is 0.403. The minimum absolute atomic E-state index is 0.245. The van der Waals surface area contributed by atoms with Crippen molar-refractivity contribution in [2.75, 3.05) is 13.2 Å². The van der Waals surface area contributed by atoms with Gasteiger partial charge in [-0.15, -0.1) is 11.3 Å². The van der Waals surface area contributed by atoms with Crippen LogP contribution in [0.25, 0.3) is 23.4 Å². The molecule has 1 aromatic heterocycles. The van der Waals surface area contributed by atoms with Crippen molar-refractivity contribution >= 4 is 23.5 Å². The second-order valence-corrected chi connectivity index (χ2v) is 7.20. The minimum Gasteiger partial charge on any atom is -0.493 e. The summed E-state index contributed by atoms with van der Waals surface area (Å²) < 4.78 is 24.7. The Hall–Kier alpha value is -2.66. The van der Waals surface area contributed by atoms with E-state index >= 15 is 0 Å². The van der Waals surface area contributed by atoms with Crippen LogP contribution in [0.5, 0.6) is 11.5 Å². The van der Waals surface area contributed by atoms with E-state index < -0.39 is 0 Å². The number of hydrogen-bond donors (Lipinski definition) is 0. The van der Waals surface area contributed by atoms with Gasteiger partial charge in [0, 0.05) is 22.6 Å². The van der Waals surface area contributed by atoms with Gasteiger partial charge in [-0.05, 0) is 61.4 Å². The van der Waals surface area contributed by atoms with Crippen molar-refractivity contribution in [3.8, 4) is 22.8 Å². The Balaban J connectivity index is 1.78. The van der Waals surface area contributed by atoms with Gasteiger partial charge < -0.3 is 9.47 Å². The van der Waals surface area contributed by atoms with Crippen LogP contribution in [0.3, 0.4) is 0 Å². The highest BCUT2D eigenvalue weighted by molar-refractivity contribution is 7.10. The van der Waals surface area contributed by atoms with Gasteiger partial charge in [-0.1, -0.05) is 13.8 Å². The normalized spacial score (nSPS) is 11.1. The number of halogens is 1. The first-order valence-electron chi connectivity index (χ1n) is 9.48. The second kappa shape index (κ2) is 10.0. The summed E-state index contributed by atoms with van der Waals surface area (Å²) in [5, 5.41) is 2.86. The lowest BCUT2D eigenvalue weighted by Crippen LogP contribution is -1.99. The molecule has 3 aromatic rings. The number of rotatable bonds is 9. The van der Waals surface area contributed by atoms with Crippen molar-refractivity contribution in [1.29, 1.82) is 0 Å². The summed E-state index contributed by atoms with van der Waals surface area (Å²) in [6.07, 6.45) is 5.88. The van der Waals surface area contributed by atoms with E-state index in [2.05, 4.69) is 18.8 Å². The zero-order chi connectivity index (χ0) is 19.8. The largest absolute Gasteiger partial charge is 0.493 e. The monoisotopic (exact) mass is 397 g/mol. The molecular weight excluding hydrogens is 373 g/mol.